The molecule has 3 aromatic rings. The lowest BCUT2D eigenvalue weighted by Gasteiger charge is -2.39. The number of halogens is 3. The summed E-state index contributed by atoms with van der Waals surface area (Å²) >= 11 is 0. The minimum atomic E-state index is -4.41. The van der Waals surface area contributed by atoms with Crippen LogP contribution in [0.5, 0.6) is 0 Å². The molecule has 1 fully saturated rings. The van der Waals surface area contributed by atoms with Gasteiger partial charge in [0.05, 0.1) is 19.8 Å². The van der Waals surface area contributed by atoms with Crippen molar-refractivity contribution in [3.8, 4) is 0 Å². The number of rotatable bonds is 10. The van der Waals surface area contributed by atoms with Crippen molar-refractivity contribution in [2.75, 3.05) is 49.7 Å². The lowest BCUT2D eigenvalue weighted by molar-refractivity contribution is -0.174. The van der Waals surface area contributed by atoms with Gasteiger partial charge in [-0.1, -0.05) is 0 Å². The number of nitrogens with zero attached hydrogens (tertiary/aromatic N) is 7. The third-order valence-electron chi connectivity index (χ3n) is 5.38. The van der Waals surface area contributed by atoms with E-state index in [4.69, 9.17) is 19.4 Å². The van der Waals surface area contributed by atoms with E-state index in [9.17, 15) is 13.2 Å². The van der Waals surface area contributed by atoms with Crippen molar-refractivity contribution in [2.45, 2.75) is 45.6 Å². The molecule has 2 N–H and O–H groups in total. The average Bonchev–Trinajstić information content (AvgIpc) is 3.17. The smallest absolute Gasteiger partial charge is 0.375 e. The predicted molar refractivity (Wildman–Crippen MR) is 125 cm³/mol. The molecule has 1 aliphatic heterocycles. The molecule has 4 rings (SSSR count). The maximum Gasteiger partial charge on any atom is 0.411 e. The average molecular weight is 508 g/mol. The number of piperazine rings is 1. The Balaban J connectivity index is 1.76. The summed E-state index contributed by atoms with van der Waals surface area (Å²) in [7, 11) is 0. The van der Waals surface area contributed by atoms with Crippen molar-refractivity contribution in [3.05, 3.63) is 24.3 Å². The summed E-state index contributed by atoms with van der Waals surface area (Å²) in [6.45, 7) is 7.34. The number of aromatic nitrogens is 6. The first kappa shape index (κ1) is 25.8. The summed E-state index contributed by atoms with van der Waals surface area (Å²) in [6, 6.07) is 2.78. The molecule has 0 aromatic carbocycles. The Kier molecular flexibility index (Phi) is 7.72. The van der Waals surface area contributed by atoms with Gasteiger partial charge in [-0.2, -0.15) is 28.2 Å². The molecule has 0 amide bonds. The fourth-order valence-corrected chi connectivity index (χ4v) is 3.88. The second-order valence-electron chi connectivity index (χ2n) is 8.86. The minimum absolute atomic E-state index is 0.0520. The molecule has 194 valence electrons. The summed E-state index contributed by atoms with van der Waals surface area (Å²) in [5, 5.41) is 11.2. The van der Waals surface area contributed by atoms with Crippen LogP contribution in [0, 0.1) is 12.3 Å². The number of alkyl halides is 3. The van der Waals surface area contributed by atoms with E-state index in [0.717, 1.165) is 6.54 Å². The Morgan fingerprint density at radius 3 is 2.78 bits per heavy atom. The summed E-state index contributed by atoms with van der Waals surface area (Å²) in [5.74, 6) is 1.19. The van der Waals surface area contributed by atoms with Gasteiger partial charge in [-0.3, -0.25) is 4.68 Å². The SMILES string of the molecule is CCOCc1nn(CCOCC(F)(F)F)c2c(Nc3c#cncn3)nc(N3CCNC(C)(C)C3)nc12. The quantitative estimate of drug-likeness (QED) is 0.396. The van der Waals surface area contributed by atoms with E-state index in [-0.39, 0.29) is 25.3 Å². The zero-order valence-electron chi connectivity index (χ0n) is 20.3. The van der Waals surface area contributed by atoms with E-state index >= 15 is 0 Å². The second kappa shape index (κ2) is 10.8. The van der Waals surface area contributed by atoms with Gasteiger partial charge in [-0.25, -0.2) is 9.97 Å². The van der Waals surface area contributed by atoms with Gasteiger partial charge < -0.3 is 25.0 Å². The highest BCUT2D eigenvalue weighted by atomic mass is 19.4. The van der Waals surface area contributed by atoms with Gasteiger partial charge in [0.1, 0.15) is 29.7 Å². The molecule has 1 saturated heterocycles. The third-order valence-corrected chi connectivity index (χ3v) is 5.38. The summed E-state index contributed by atoms with van der Waals surface area (Å²) < 4.78 is 49.6. The van der Waals surface area contributed by atoms with Crippen LogP contribution in [-0.4, -0.2) is 80.9 Å². The number of anilines is 3. The van der Waals surface area contributed by atoms with Crippen LogP contribution in [0.15, 0.2) is 6.33 Å². The predicted octanol–water partition coefficient (Wildman–Crippen LogP) is 2.26. The minimum Gasteiger partial charge on any atom is -0.375 e. The fraction of sp³-hybridized carbons (Fsp3) is 0.591. The van der Waals surface area contributed by atoms with Crippen LogP contribution in [0.25, 0.3) is 11.0 Å². The van der Waals surface area contributed by atoms with Gasteiger partial charge >= 0.3 is 6.18 Å². The largest absolute Gasteiger partial charge is 0.411 e. The molecule has 0 unspecified atom stereocenters. The molecular formula is C22H28F3N9O2. The molecule has 0 spiro atoms. The number of hydrogen-bond acceptors (Lipinski definition) is 10. The highest BCUT2D eigenvalue weighted by Crippen LogP contribution is 2.29. The Hall–Kier alpha value is -3.28. The number of fused-ring (bicyclic) bond motifs is 1. The van der Waals surface area contributed by atoms with Gasteiger partial charge in [-0.05, 0) is 26.8 Å². The molecule has 0 bridgehead atoms. The van der Waals surface area contributed by atoms with Gasteiger partial charge in [0.15, 0.2) is 11.6 Å². The van der Waals surface area contributed by atoms with Crippen LogP contribution >= 0.6 is 0 Å². The van der Waals surface area contributed by atoms with Crippen LogP contribution in [0.2, 0.25) is 0 Å². The topological polar surface area (TPSA) is 115 Å². The molecule has 0 atom stereocenters. The van der Waals surface area contributed by atoms with Crippen LogP contribution in [0.4, 0.5) is 30.8 Å². The fourth-order valence-electron chi connectivity index (χ4n) is 3.88. The molecule has 1 aliphatic rings. The van der Waals surface area contributed by atoms with Crippen molar-refractivity contribution >= 4 is 28.6 Å². The molecule has 14 heteroatoms. The molecule has 0 aliphatic carbocycles. The molecule has 0 saturated carbocycles. The lowest BCUT2D eigenvalue weighted by atomic mass is 10.0. The van der Waals surface area contributed by atoms with Crippen LogP contribution in [0.3, 0.4) is 0 Å². The maximum atomic E-state index is 12.5. The van der Waals surface area contributed by atoms with Crippen molar-refractivity contribution < 1.29 is 22.6 Å². The van der Waals surface area contributed by atoms with E-state index in [1.54, 1.807) is 0 Å². The maximum absolute atomic E-state index is 12.5. The van der Waals surface area contributed by atoms with Crippen molar-refractivity contribution in [1.29, 1.82) is 0 Å². The van der Waals surface area contributed by atoms with Gasteiger partial charge in [0.2, 0.25) is 5.95 Å². The monoisotopic (exact) mass is 507 g/mol. The Labute approximate surface area is 206 Å². The highest BCUT2D eigenvalue weighted by Gasteiger charge is 2.30. The zero-order chi connectivity index (χ0) is 25.8. The van der Waals surface area contributed by atoms with Crippen LogP contribution in [-0.2, 0) is 22.6 Å². The van der Waals surface area contributed by atoms with E-state index in [1.807, 2.05) is 6.92 Å². The van der Waals surface area contributed by atoms with Gasteiger partial charge in [0, 0.05) is 38.0 Å². The van der Waals surface area contributed by atoms with E-state index < -0.39 is 12.8 Å². The first-order chi connectivity index (χ1) is 17.1. The summed E-state index contributed by atoms with van der Waals surface area (Å²) in [6.07, 6.45) is -0.499. The zero-order valence-corrected chi connectivity index (χ0v) is 20.3. The van der Waals surface area contributed by atoms with Crippen molar-refractivity contribution in [3.63, 3.8) is 0 Å². The van der Waals surface area contributed by atoms with Crippen molar-refractivity contribution in [2.24, 2.45) is 0 Å². The number of nitrogens with one attached hydrogen (secondary N) is 2. The molecule has 11 nitrogen and oxygen atoms in total. The molecule has 4 heterocycles. The third kappa shape index (κ3) is 6.48. The standard InChI is InChI=1S/C22H28F3N9O2/c1-4-35-11-15-17-18(34(32-15)9-10-36-13-22(23,24)25)19(29-16-5-6-26-14-27-16)31-20(30-17)33-8-7-28-21(2,3)12-33/h14,28H,4,7-13H2,1-3H3,(H,26,27,29,30,31). The molecule has 0 radical (unpaired) electrons. The normalized spacial score (nSPS) is 15.8. The van der Waals surface area contributed by atoms with E-state index in [1.165, 1.54) is 11.0 Å². The van der Waals surface area contributed by atoms with Gasteiger partial charge in [0.25, 0.3) is 0 Å². The highest BCUT2D eigenvalue weighted by molar-refractivity contribution is 5.90. The van der Waals surface area contributed by atoms with Crippen molar-refractivity contribution in [1.82, 2.24) is 35.0 Å². The number of hydrogen-bond donors (Lipinski definition) is 2. The van der Waals surface area contributed by atoms with Crippen LogP contribution in [0.1, 0.15) is 26.5 Å². The first-order valence-corrected chi connectivity index (χ1v) is 11.5. The molecular weight excluding hydrogens is 479 g/mol. The Bertz CT molecular complexity index is 1160. The van der Waals surface area contributed by atoms with Gasteiger partial charge in [-0.15, -0.1) is 0 Å². The Morgan fingerprint density at radius 2 is 2.08 bits per heavy atom. The number of ether oxygens (including phenoxy) is 2. The first-order valence-electron chi connectivity index (χ1n) is 11.5. The summed E-state index contributed by atoms with van der Waals surface area (Å²) in [5.41, 5.74) is 1.42. The Morgan fingerprint density at radius 1 is 1.25 bits per heavy atom. The lowest BCUT2D eigenvalue weighted by Crippen LogP contribution is -2.57. The van der Waals surface area contributed by atoms with E-state index in [0.29, 0.717) is 54.0 Å². The molecule has 3 aromatic heterocycles. The van der Waals surface area contributed by atoms with Crippen LogP contribution < -0.4 is 15.5 Å². The van der Waals surface area contributed by atoms with E-state index in [2.05, 4.69) is 56.7 Å². The second-order valence-corrected chi connectivity index (χ2v) is 8.86. The molecule has 36 heavy (non-hydrogen) atoms. The summed E-state index contributed by atoms with van der Waals surface area (Å²) in [4.78, 5) is 19.6.